The molecule has 0 spiro atoms. The average Bonchev–Trinajstić information content (AvgIpc) is 2.68. The molecule has 3 aromatic rings. The standard InChI is InChI=1S/C21H23N3O2/c1-4-13(3)14-6-8-15(9-7-14)18-11-10-16-17(21(25)26-5-2)12-23-20(22)19(16)24-18/h6-13H,4-5H2,1-3H3,(H2,22,23). The molecule has 0 aliphatic heterocycles. The minimum absolute atomic E-state index is 0.297. The van der Waals surface area contributed by atoms with Crippen LogP contribution in [0.2, 0.25) is 0 Å². The van der Waals surface area contributed by atoms with Gasteiger partial charge in [0.05, 0.1) is 17.9 Å². The number of nitrogens with two attached hydrogens (primary N) is 1. The third kappa shape index (κ3) is 3.38. The minimum atomic E-state index is -0.419. The molecule has 0 saturated heterocycles. The van der Waals surface area contributed by atoms with E-state index in [2.05, 4.69) is 48.1 Å². The van der Waals surface area contributed by atoms with Crippen LogP contribution in [-0.4, -0.2) is 22.5 Å². The summed E-state index contributed by atoms with van der Waals surface area (Å²) in [5.74, 6) is 0.407. The number of aromatic nitrogens is 2. The van der Waals surface area contributed by atoms with Crippen molar-refractivity contribution in [3.8, 4) is 11.3 Å². The first-order chi connectivity index (χ1) is 12.5. The lowest BCUT2D eigenvalue weighted by Crippen LogP contribution is -2.08. The van der Waals surface area contributed by atoms with E-state index in [0.717, 1.165) is 17.7 Å². The highest BCUT2D eigenvalue weighted by Gasteiger charge is 2.15. The number of carbonyl (C=O) groups is 1. The van der Waals surface area contributed by atoms with Crippen LogP contribution in [0, 0.1) is 0 Å². The molecule has 2 heterocycles. The summed E-state index contributed by atoms with van der Waals surface area (Å²) in [7, 11) is 0. The number of benzene rings is 1. The van der Waals surface area contributed by atoms with Gasteiger partial charge in [-0.2, -0.15) is 0 Å². The van der Waals surface area contributed by atoms with Gasteiger partial charge in [0.15, 0.2) is 0 Å². The lowest BCUT2D eigenvalue weighted by atomic mass is 9.97. The molecule has 5 heteroatoms. The molecule has 0 amide bonds. The number of nitrogens with zero attached hydrogens (tertiary/aromatic N) is 2. The van der Waals surface area contributed by atoms with Gasteiger partial charge in [0, 0.05) is 17.1 Å². The molecule has 5 nitrogen and oxygen atoms in total. The van der Waals surface area contributed by atoms with Gasteiger partial charge in [0.1, 0.15) is 11.3 Å². The Morgan fingerprint density at radius 1 is 1.15 bits per heavy atom. The fraction of sp³-hybridized carbons (Fsp3) is 0.286. The molecule has 2 aromatic heterocycles. The number of hydrogen-bond acceptors (Lipinski definition) is 5. The van der Waals surface area contributed by atoms with Crippen LogP contribution in [0.3, 0.4) is 0 Å². The molecule has 2 N–H and O–H groups in total. The van der Waals surface area contributed by atoms with Gasteiger partial charge in [-0.3, -0.25) is 0 Å². The number of fused-ring (bicyclic) bond motifs is 1. The molecule has 0 aliphatic carbocycles. The predicted molar refractivity (Wildman–Crippen MR) is 104 cm³/mol. The van der Waals surface area contributed by atoms with Gasteiger partial charge in [0.2, 0.25) is 0 Å². The van der Waals surface area contributed by atoms with Crippen molar-refractivity contribution in [3.63, 3.8) is 0 Å². The zero-order valence-corrected chi connectivity index (χ0v) is 15.3. The van der Waals surface area contributed by atoms with Gasteiger partial charge in [0.25, 0.3) is 0 Å². The highest BCUT2D eigenvalue weighted by Crippen LogP contribution is 2.27. The lowest BCUT2D eigenvalue weighted by molar-refractivity contribution is 0.0528. The maximum absolute atomic E-state index is 12.1. The maximum atomic E-state index is 12.1. The molecular formula is C21H23N3O2. The van der Waals surface area contributed by atoms with Crippen molar-refractivity contribution in [1.82, 2.24) is 9.97 Å². The molecule has 1 unspecified atom stereocenters. The largest absolute Gasteiger partial charge is 0.462 e. The number of esters is 1. The third-order valence-electron chi connectivity index (χ3n) is 4.64. The smallest absolute Gasteiger partial charge is 0.340 e. The Hall–Kier alpha value is -2.95. The van der Waals surface area contributed by atoms with Crippen LogP contribution >= 0.6 is 0 Å². The van der Waals surface area contributed by atoms with Crippen LogP contribution in [0.15, 0.2) is 42.6 Å². The van der Waals surface area contributed by atoms with Crippen molar-refractivity contribution >= 4 is 22.7 Å². The van der Waals surface area contributed by atoms with Gasteiger partial charge in [-0.05, 0) is 37.0 Å². The summed E-state index contributed by atoms with van der Waals surface area (Å²) >= 11 is 0. The summed E-state index contributed by atoms with van der Waals surface area (Å²) in [4.78, 5) is 20.9. The number of carbonyl (C=O) groups excluding carboxylic acids is 1. The van der Waals surface area contributed by atoms with Gasteiger partial charge < -0.3 is 10.5 Å². The quantitative estimate of drug-likeness (QED) is 0.683. The summed E-state index contributed by atoms with van der Waals surface area (Å²) < 4.78 is 5.09. The summed E-state index contributed by atoms with van der Waals surface area (Å²) in [6.45, 7) is 6.47. The van der Waals surface area contributed by atoms with Crippen LogP contribution in [0.25, 0.3) is 22.2 Å². The first-order valence-electron chi connectivity index (χ1n) is 8.87. The number of hydrogen-bond donors (Lipinski definition) is 1. The van der Waals surface area contributed by atoms with E-state index in [9.17, 15) is 4.79 Å². The summed E-state index contributed by atoms with van der Waals surface area (Å²) in [5.41, 5.74) is 9.99. The Morgan fingerprint density at radius 2 is 1.88 bits per heavy atom. The van der Waals surface area contributed by atoms with Gasteiger partial charge in [-0.25, -0.2) is 14.8 Å². The molecule has 26 heavy (non-hydrogen) atoms. The summed E-state index contributed by atoms with van der Waals surface area (Å²) in [5, 5.41) is 0.649. The van der Waals surface area contributed by atoms with Crippen LogP contribution in [-0.2, 0) is 4.74 Å². The van der Waals surface area contributed by atoms with E-state index in [-0.39, 0.29) is 0 Å². The first kappa shape index (κ1) is 17.9. The second kappa shape index (κ2) is 7.52. The van der Waals surface area contributed by atoms with Crippen molar-refractivity contribution in [2.24, 2.45) is 0 Å². The van der Waals surface area contributed by atoms with Crippen LogP contribution in [0.1, 0.15) is 49.0 Å². The highest BCUT2D eigenvalue weighted by atomic mass is 16.5. The van der Waals surface area contributed by atoms with Crippen molar-refractivity contribution in [1.29, 1.82) is 0 Å². The predicted octanol–water partition coefficient (Wildman–Crippen LogP) is 4.57. The first-order valence-corrected chi connectivity index (χ1v) is 8.87. The van der Waals surface area contributed by atoms with E-state index in [1.165, 1.54) is 11.8 Å². The van der Waals surface area contributed by atoms with Crippen LogP contribution in [0.5, 0.6) is 0 Å². The normalized spacial score (nSPS) is 12.1. The zero-order valence-electron chi connectivity index (χ0n) is 15.3. The molecule has 0 fully saturated rings. The number of anilines is 1. The third-order valence-corrected chi connectivity index (χ3v) is 4.64. The molecule has 1 atom stereocenters. The van der Waals surface area contributed by atoms with Gasteiger partial charge in [-0.1, -0.05) is 38.1 Å². The van der Waals surface area contributed by atoms with Crippen molar-refractivity contribution in [3.05, 3.63) is 53.7 Å². The van der Waals surface area contributed by atoms with Gasteiger partial charge in [-0.15, -0.1) is 0 Å². The van der Waals surface area contributed by atoms with E-state index < -0.39 is 5.97 Å². The average molecular weight is 349 g/mol. The Bertz CT molecular complexity index is 936. The summed E-state index contributed by atoms with van der Waals surface area (Å²) in [6, 6.07) is 12.1. The van der Waals surface area contributed by atoms with Crippen molar-refractivity contribution < 1.29 is 9.53 Å². The van der Waals surface area contributed by atoms with E-state index in [4.69, 9.17) is 10.5 Å². The van der Waals surface area contributed by atoms with E-state index in [0.29, 0.717) is 34.8 Å². The molecular weight excluding hydrogens is 326 g/mol. The number of nitrogen functional groups attached to an aromatic ring is 1. The van der Waals surface area contributed by atoms with Crippen LogP contribution < -0.4 is 5.73 Å². The van der Waals surface area contributed by atoms with E-state index in [1.807, 2.05) is 12.1 Å². The molecule has 1 aromatic carbocycles. The molecule has 0 radical (unpaired) electrons. The SMILES string of the molecule is CCOC(=O)c1cnc(N)c2nc(-c3ccc(C(C)CC)cc3)ccc12. The molecule has 3 rings (SSSR count). The maximum Gasteiger partial charge on any atom is 0.340 e. The van der Waals surface area contributed by atoms with Crippen molar-refractivity contribution in [2.45, 2.75) is 33.1 Å². The molecule has 134 valence electrons. The Balaban J connectivity index is 2.04. The molecule has 0 bridgehead atoms. The van der Waals surface area contributed by atoms with Crippen molar-refractivity contribution in [2.75, 3.05) is 12.3 Å². The topological polar surface area (TPSA) is 78.1 Å². The number of pyridine rings is 2. The Morgan fingerprint density at radius 3 is 2.54 bits per heavy atom. The minimum Gasteiger partial charge on any atom is -0.462 e. The molecule has 0 saturated carbocycles. The zero-order chi connectivity index (χ0) is 18.7. The second-order valence-electron chi connectivity index (χ2n) is 6.30. The van der Waals surface area contributed by atoms with E-state index >= 15 is 0 Å². The van der Waals surface area contributed by atoms with Crippen LogP contribution in [0.4, 0.5) is 5.82 Å². The fourth-order valence-corrected chi connectivity index (χ4v) is 2.89. The Labute approximate surface area is 153 Å². The number of rotatable bonds is 5. The number of ether oxygens (including phenoxy) is 1. The Kier molecular flexibility index (Phi) is 5.16. The second-order valence-corrected chi connectivity index (χ2v) is 6.30. The van der Waals surface area contributed by atoms with E-state index in [1.54, 1.807) is 6.92 Å². The fourth-order valence-electron chi connectivity index (χ4n) is 2.89. The summed E-state index contributed by atoms with van der Waals surface area (Å²) in [6.07, 6.45) is 2.55. The highest BCUT2D eigenvalue weighted by molar-refractivity contribution is 6.05. The lowest BCUT2D eigenvalue weighted by Gasteiger charge is -2.11. The monoisotopic (exact) mass is 349 g/mol. The van der Waals surface area contributed by atoms with Gasteiger partial charge >= 0.3 is 5.97 Å². The molecule has 0 aliphatic rings.